The summed E-state index contributed by atoms with van der Waals surface area (Å²) in [5, 5.41) is 7.19. The summed E-state index contributed by atoms with van der Waals surface area (Å²) in [5.41, 5.74) is -0.403. The number of rotatable bonds is 5. The monoisotopic (exact) mass is 393 g/mol. The Kier molecular flexibility index (Phi) is 6.43. The second-order valence-corrected chi connectivity index (χ2v) is 7.42. The molecule has 1 heterocycles. The van der Waals surface area contributed by atoms with Gasteiger partial charge in [0.2, 0.25) is 0 Å². The van der Waals surface area contributed by atoms with Crippen molar-refractivity contribution in [3.05, 3.63) is 15.3 Å². The molecule has 0 aromatic carbocycles. The summed E-state index contributed by atoms with van der Waals surface area (Å²) in [6.45, 7) is 9.72. The summed E-state index contributed by atoms with van der Waals surface area (Å²) in [7, 11) is 0. The number of hydrogen-bond donors (Lipinski definition) is 1. The number of carbonyl (C=O) groups excluding carboxylic acids is 2. The molecule has 1 atom stereocenters. The number of halogens is 2. The Bertz CT molecular complexity index is 552. The largest absolute Gasteiger partial charge is 0.444 e. The number of aldehydes is 1. The number of amides is 1. The van der Waals surface area contributed by atoms with Gasteiger partial charge in [-0.1, -0.05) is 25.4 Å². The van der Waals surface area contributed by atoms with E-state index in [-0.39, 0.29) is 22.7 Å². The summed E-state index contributed by atoms with van der Waals surface area (Å²) in [6, 6.07) is -0.221. The summed E-state index contributed by atoms with van der Waals surface area (Å²) in [4.78, 5) is 22.8. The molecule has 0 saturated heterocycles. The molecule has 0 fully saturated rings. The van der Waals surface area contributed by atoms with Crippen molar-refractivity contribution in [2.75, 3.05) is 0 Å². The molecular weight excluding hydrogens is 374 g/mol. The molecular formula is C14H21BrClN3O3. The van der Waals surface area contributed by atoms with E-state index in [2.05, 4.69) is 26.3 Å². The smallest absolute Gasteiger partial charge is 0.407 e. The van der Waals surface area contributed by atoms with E-state index in [0.717, 1.165) is 0 Å². The zero-order valence-electron chi connectivity index (χ0n) is 13.3. The minimum Gasteiger partial charge on any atom is -0.444 e. The van der Waals surface area contributed by atoms with Gasteiger partial charge in [-0.25, -0.2) is 4.79 Å². The average Bonchev–Trinajstić information content (AvgIpc) is 2.63. The molecule has 8 heteroatoms. The topological polar surface area (TPSA) is 73.2 Å². The van der Waals surface area contributed by atoms with Gasteiger partial charge in [-0.05, 0) is 42.6 Å². The Morgan fingerprint density at radius 2 is 2.09 bits per heavy atom. The maximum atomic E-state index is 11.9. The molecule has 0 unspecified atom stereocenters. The molecule has 0 bridgehead atoms. The van der Waals surface area contributed by atoms with Crippen molar-refractivity contribution in [1.29, 1.82) is 0 Å². The Balaban J connectivity index is 2.85. The fourth-order valence-electron chi connectivity index (χ4n) is 1.70. The van der Waals surface area contributed by atoms with E-state index in [1.54, 1.807) is 25.5 Å². The lowest BCUT2D eigenvalue weighted by Crippen LogP contribution is -2.44. The third-order valence-electron chi connectivity index (χ3n) is 2.85. The molecule has 1 N–H and O–H groups in total. The highest BCUT2D eigenvalue weighted by Gasteiger charge is 2.24. The van der Waals surface area contributed by atoms with Crippen LogP contribution in [0.3, 0.4) is 0 Å². The van der Waals surface area contributed by atoms with Crippen molar-refractivity contribution < 1.29 is 14.3 Å². The molecule has 1 amide bonds. The fraction of sp³-hybridized carbons (Fsp3) is 0.643. The highest BCUT2D eigenvalue weighted by Crippen LogP contribution is 2.25. The number of hydrogen-bond acceptors (Lipinski definition) is 4. The number of alkyl carbamates (subject to hydrolysis) is 1. The van der Waals surface area contributed by atoms with Crippen LogP contribution in [-0.2, 0) is 11.3 Å². The molecule has 1 aromatic heterocycles. The predicted molar refractivity (Wildman–Crippen MR) is 88.3 cm³/mol. The van der Waals surface area contributed by atoms with Gasteiger partial charge < -0.3 is 10.1 Å². The third kappa shape index (κ3) is 5.28. The van der Waals surface area contributed by atoms with Crippen LogP contribution in [0.1, 0.15) is 45.1 Å². The van der Waals surface area contributed by atoms with Crippen LogP contribution in [0.5, 0.6) is 0 Å². The van der Waals surface area contributed by atoms with E-state index >= 15 is 0 Å². The first-order valence-electron chi connectivity index (χ1n) is 6.91. The molecule has 124 valence electrons. The van der Waals surface area contributed by atoms with Crippen molar-refractivity contribution in [1.82, 2.24) is 15.1 Å². The Morgan fingerprint density at radius 3 is 2.50 bits per heavy atom. The van der Waals surface area contributed by atoms with Crippen molar-refractivity contribution >= 4 is 39.9 Å². The second-order valence-electron chi connectivity index (χ2n) is 6.29. The van der Waals surface area contributed by atoms with Crippen molar-refractivity contribution in [2.24, 2.45) is 5.92 Å². The summed E-state index contributed by atoms with van der Waals surface area (Å²) >= 11 is 9.30. The van der Waals surface area contributed by atoms with Crippen LogP contribution in [0.2, 0.25) is 5.02 Å². The lowest BCUT2D eigenvalue weighted by Gasteiger charge is -2.26. The van der Waals surface area contributed by atoms with E-state index in [9.17, 15) is 9.59 Å². The number of nitrogens with one attached hydrogen (secondary N) is 1. The molecule has 0 spiro atoms. The molecule has 1 aromatic rings. The van der Waals surface area contributed by atoms with Crippen LogP contribution in [-0.4, -0.2) is 33.8 Å². The minimum absolute atomic E-state index is 0.141. The van der Waals surface area contributed by atoms with Crippen LogP contribution in [0.25, 0.3) is 0 Å². The maximum Gasteiger partial charge on any atom is 0.407 e. The zero-order chi connectivity index (χ0) is 17.1. The van der Waals surface area contributed by atoms with Gasteiger partial charge in [0.25, 0.3) is 0 Å². The molecule has 1 rings (SSSR count). The van der Waals surface area contributed by atoms with Gasteiger partial charge >= 0.3 is 6.09 Å². The van der Waals surface area contributed by atoms with Gasteiger partial charge in [-0.2, -0.15) is 5.10 Å². The highest BCUT2D eigenvalue weighted by molar-refractivity contribution is 9.10. The van der Waals surface area contributed by atoms with Gasteiger partial charge in [0.05, 0.1) is 12.6 Å². The van der Waals surface area contributed by atoms with Crippen molar-refractivity contribution in [2.45, 2.75) is 52.8 Å². The minimum atomic E-state index is -0.564. The molecule has 0 aliphatic rings. The predicted octanol–water partition coefficient (Wildman–Crippen LogP) is 3.66. The van der Waals surface area contributed by atoms with E-state index in [1.807, 2.05) is 13.8 Å². The first-order valence-corrected chi connectivity index (χ1v) is 8.08. The third-order valence-corrected chi connectivity index (χ3v) is 4.26. The Morgan fingerprint density at radius 1 is 1.50 bits per heavy atom. The van der Waals surface area contributed by atoms with Crippen LogP contribution < -0.4 is 5.32 Å². The number of nitrogens with zero attached hydrogens (tertiary/aromatic N) is 2. The van der Waals surface area contributed by atoms with Gasteiger partial charge in [-0.15, -0.1) is 0 Å². The number of aromatic nitrogens is 2. The molecule has 0 aliphatic heterocycles. The van der Waals surface area contributed by atoms with Crippen LogP contribution >= 0.6 is 27.5 Å². The maximum absolute atomic E-state index is 11.9. The van der Waals surface area contributed by atoms with Crippen molar-refractivity contribution in [3.63, 3.8) is 0 Å². The fourth-order valence-corrected chi connectivity index (χ4v) is 2.31. The molecule has 0 radical (unpaired) electrons. The van der Waals surface area contributed by atoms with Gasteiger partial charge in [-0.3, -0.25) is 9.48 Å². The average molecular weight is 395 g/mol. The second kappa shape index (κ2) is 7.46. The lowest BCUT2D eigenvalue weighted by molar-refractivity contribution is 0.0482. The summed E-state index contributed by atoms with van der Waals surface area (Å²) in [5.74, 6) is 0.141. The molecule has 0 saturated carbocycles. The van der Waals surface area contributed by atoms with E-state index in [4.69, 9.17) is 16.3 Å². The standard InChI is InChI=1S/C14H21BrClN3O3/c1-8(2)9(17-13(21)22-14(3,4)5)6-19-12(15)11(16)10(7-20)18-19/h7-9H,6H2,1-5H3,(H,17,21)/t9-/m0/s1. The summed E-state index contributed by atoms with van der Waals surface area (Å²) in [6.07, 6.45) is 0.103. The SMILES string of the molecule is CC(C)[C@H](Cn1nc(C=O)c(Cl)c1Br)NC(=O)OC(C)(C)C. The van der Waals surface area contributed by atoms with E-state index < -0.39 is 11.7 Å². The number of carbonyl (C=O) groups is 2. The quantitative estimate of drug-likeness (QED) is 0.773. The van der Waals surface area contributed by atoms with Crippen LogP contribution in [0, 0.1) is 5.92 Å². The lowest BCUT2D eigenvalue weighted by atomic mass is 10.1. The molecule has 6 nitrogen and oxygen atoms in total. The van der Waals surface area contributed by atoms with Gasteiger partial charge in [0.1, 0.15) is 20.9 Å². The molecule has 0 aliphatic carbocycles. The van der Waals surface area contributed by atoms with Crippen LogP contribution in [0.15, 0.2) is 4.60 Å². The first-order chi connectivity index (χ1) is 10.0. The highest BCUT2D eigenvalue weighted by atomic mass is 79.9. The zero-order valence-corrected chi connectivity index (χ0v) is 15.7. The van der Waals surface area contributed by atoms with Gasteiger partial charge in [0.15, 0.2) is 6.29 Å². The van der Waals surface area contributed by atoms with Crippen LogP contribution in [0.4, 0.5) is 4.79 Å². The van der Waals surface area contributed by atoms with E-state index in [1.165, 1.54) is 0 Å². The van der Waals surface area contributed by atoms with Crippen molar-refractivity contribution in [3.8, 4) is 0 Å². The number of ether oxygens (including phenoxy) is 1. The Labute approximate surface area is 143 Å². The Hall–Kier alpha value is -1.08. The first kappa shape index (κ1) is 19.0. The van der Waals surface area contributed by atoms with Gasteiger partial charge in [0, 0.05) is 0 Å². The molecule has 22 heavy (non-hydrogen) atoms. The van der Waals surface area contributed by atoms with E-state index in [0.29, 0.717) is 17.4 Å². The normalized spacial score (nSPS) is 13.1. The summed E-state index contributed by atoms with van der Waals surface area (Å²) < 4.78 is 7.32.